The van der Waals surface area contributed by atoms with Gasteiger partial charge in [0.2, 0.25) is 22.9 Å². The molecule has 0 unspecified atom stereocenters. The molecular weight excluding hydrogens is 418 g/mol. The summed E-state index contributed by atoms with van der Waals surface area (Å²) in [5.41, 5.74) is -3.92. The Morgan fingerprint density at radius 1 is 1.28 bits per heavy atom. The number of ketones is 2. The molecule has 174 valence electrons. The van der Waals surface area contributed by atoms with Gasteiger partial charge in [0.25, 0.3) is 0 Å². The van der Waals surface area contributed by atoms with Crippen molar-refractivity contribution in [1.82, 2.24) is 5.32 Å². The van der Waals surface area contributed by atoms with Gasteiger partial charge in [-0.2, -0.15) is 0 Å². The maximum absolute atomic E-state index is 13.4. The summed E-state index contributed by atoms with van der Waals surface area (Å²) >= 11 is 0. The van der Waals surface area contributed by atoms with E-state index in [1.165, 1.54) is 27.2 Å². The van der Waals surface area contributed by atoms with E-state index in [9.17, 15) is 24.9 Å². The van der Waals surface area contributed by atoms with E-state index in [4.69, 9.17) is 14.2 Å². The number of methoxy groups -OCH3 is 2. The molecule has 2 aliphatic rings. The average molecular weight is 447 g/mol. The molecule has 0 amide bonds. The number of aliphatic hydroxyl groups is 3. The number of hydrogen-bond donors (Lipinski definition) is 4. The molecule has 0 aliphatic carbocycles. The predicted molar refractivity (Wildman–Crippen MR) is 113 cm³/mol. The summed E-state index contributed by atoms with van der Waals surface area (Å²) in [5.74, 6) is -1.52. The zero-order valence-corrected chi connectivity index (χ0v) is 18.4. The molecule has 0 saturated carbocycles. The van der Waals surface area contributed by atoms with Crippen LogP contribution in [0.2, 0.25) is 0 Å². The van der Waals surface area contributed by atoms with Crippen LogP contribution in [0.25, 0.3) is 0 Å². The Bertz CT molecular complexity index is 929. The van der Waals surface area contributed by atoms with E-state index >= 15 is 0 Å². The van der Waals surface area contributed by atoms with Gasteiger partial charge in [0.15, 0.2) is 12.3 Å². The van der Waals surface area contributed by atoms with Crippen LogP contribution in [0.5, 0.6) is 0 Å². The largest absolute Gasteiger partial charge is 0.473 e. The van der Waals surface area contributed by atoms with E-state index in [1.807, 2.05) is 6.92 Å². The highest BCUT2D eigenvalue weighted by Crippen LogP contribution is 2.46. The fraction of sp³-hybridized carbons (Fsp3) is 0.478. The molecule has 0 radical (unpaired) electrons. The van der Waals surface area contributed by atoms with E-state index in [1.54, 1.807) is 36.4 Å². The molecule has 9 heteroatoms. The van der Waals surface area contributed by atoms with Crippen LogP contribution in [-0.2, 0) is 19.0 Å². The van der Waals surface area contributed by atoms with Crippen molar-refractivity contribution in [3.8, 4) is 0 Å². The number of ether oxygens (including phenoxy) is 3. The minimum atomic E-state index is -2.11. The molecule has 32 heavy (non-hydrogen) atoms. The monoisotopic (exact) mass is 447 g/mol. The van der Waals surface area contributed by atoms with Crippen molar-refractivity contribution in [2.24, 2.45) is 0 Å². The van der Waals surface area contributed by atoms with Crippen molar-refractivity contribution in [2.75, 3.05) is 14.2 Å². The molecule has 0 aromatic heterocycles. The molecule has 1 spiro atoms. The molecule has 1 fully saturated rings. The molecule has 9 nitrogen and oxygen atoms in total. The first-order chi connectivity index (χ1) is 15.2. The number of carbonyl (C=O) groups excluding carboxylic acids is 2. The molecule has 1 saturated heterocycles. The fourth-order valence-electron chi connectivity index (χ4n) is 4.20. The van der Waals surface area contributed by atoms with Crippen LogP contribution < -0.4 is 5.32 Å². The van der Waals surface area contributed by atoms with Crippen LogP contribution in [0.3, 0.4) is 0 Å². The molecule has 2 aliphatic heterocycles. The Balaban J connectivity index is 2.02. The van der Waals surface area contributed by atoms with Gasteiger partial charge < -0.3 is 29.5 Å². The highest BCUT2D eigenvalue weighted by Gasteiger charge is 2.74. The second-order valence-electron chi connectivity index (χ2n) is 7.78. The summed E-state index contributed by atoms with van der Waals surface area (Å²) in [6, 6.07) is 8.15. The lowest BCUT2D eigenvalue weighted by Crippen LogP contribution is -2.60. The fourth-order valence-corrected chi connectivity index (χ4v) is 4.20. The first-order valence-electron chi connectivity index (χ1n) is 10.3. The van der Waals surface area contributed by atoms with Crippen molar-refractivity contribution < 1.29 is 39.1 Å². The van der Waals surface area contributed by atoms with E-state index in [2.05, 4.69) is 5.32 Å². The van der Waals surface area contributed by atoms with Crippen molar-refractivity contribution >= 4 is 11.6 Å². The standard InChI is InChI=1S/C23H29NO8/c1-5-6-12-15(25)16(26)17-13(2)18(27)22(32-17)20(29)23(31-4,24-21(22)30-3)19(28)14-10-8-7-9-11-14/h6-12,15-16,20-21,24-26,29H,5H2,1-4H3/b12-6-/t15-,16-,20+,21+,22+,23+/m0/s1. The third-order valence-corrected chi connectivity index (χ3v) is 5.96. The number of hydrogen-bond acceptors (Lipinski definition) is 9. The van der Waals surface area contributed by atoms with Crippen LogP contribution in [0.1, 0.15) is 30.6 Å². The number of aliphatic hydroxyl groups excluding tert-OH is 3. The van der Waals surface area contributed by atoms with Crippen LogP contribution in [-0.4, -0.2) is 77.0 Å². The summed E-state index contributed by atoms with van der Waals surface area (Å²) in [6.45, 7) is 3.28. The average Bonchev–Trinajstić information content (AvgIpc) is 3.23. The van der Waals surface area contributed by atoms with Crippen LogP contribution in [0.15, 0.2) is 53.8 Å². The Hall–Kier alpha value is -2.40. The molecule has 1 aromatic rings. The van der Waals surface area contributed by atoms with Crippen molar-refractivity contribution in [3.05, 3.63) is 59.4 Å². The van der Waals surface area contributed by atoms with Gasteiger partial charge in [-0.15, -0.1) is 0 Å². The molecule has 4 N–H and O–H groups in total. The van der Waals surface area contributed by atoms with Gasteiger partial charge in [0.1, 0.15) is 18.0 Å². The molecule has 2 heterocycles. The van der Waals surface area contributed by atoms with E-state index < -0.39 is 47.4 Å². The highest BCUT2D eigenvalue weighted by atomic mass is 16.6. The van der Waals surface area contributed by atoms with Gasteiger partial charge in [0.05, 0.1) is 0 Å². The predicted octanol–water partition coefficient (Wildman–Crippen LogP) is 0.449. The van der Waals surface area contributed by atoms with Gasteiger partial charge >= 0.3 is 0 Å². The van der Waals surface area contributed by atoms with E-state index in [0.29, 0.717) is 6.42 Å². The second-order valence-corrected chi connectivity index (χ2v) is 7.78. The number of Topliss-reactive ketones (excluding diaryl/α,β-unsaturated/α-hetero) is 2. The van der Waals surface area contributed by atoms with Crippen LogP contribution in [0, 0.1) is 0 Å². The molecule has 1 aromatic carbocycles. The van der Waals surface area contributed by atoms with Crippen LogP contribution >= 0.6 is 0 Å². The maximum atomic E-state index is 13.4. The van der Waals surface area contributed by atoms with Gasteiger partial charge in [0, 0.05) is 25.4 Å². The molecule has 0 bridgehead atoms. The second kappa shape index (κ2) is 9.22. The summed E-state index contributed by atoms with van der Waals surface area (Å²) in [6.07, 6.45) is -2.35. The zero-order valence-electron chi connectivity index (χ0n) is 18.4. The zero-order chi connectivity index (χ0) is 23.7. The number of nitrogens with one attached hydrogen (secondary N) is 1. The quantitative estimate of drug-likeness (QED) is 0.331. The summed E-state index contributed by atoms with van der Waals surface area (Å²) in [4.78, 5) is 26.7. The van der Waals surface area contributed by atoms with Gasteiger partial charge in [-0.05, 0) is 13.3 Å². The topological polar surface area (TPSA) is 135 Å². The summed E-state index contributed by atoms with van der Waals surface area (Å²) in [7, 11) is 2.50. The van der Waals surface area contributed by atoms with Crippen molar-refractivity contribution in [2.45, 2.75) is 56.1 Å². The SMILES string of the molecule is CC/C=C\[C@H](O)[C@H](O)C1=C(C)C(=O)[C@]2(O1)[C@@H](OC)N[C@@](OC)(C(=O)c1ccccc1)[C@@H]2O. The number of allylic oxidation sites excluding steroid dienone is 1. The van der Waals surface area contributed by atoms with E-state index in [0.717, 1.165) is 0 Å². The first kappa shape index (κ1) is 24.2. The normalized spacial score (nSPS) is 32.0. The van der Waals surface area contributed by atoms with E-state index in [-0.39, 0.29) is 16.9 Å². The Morgan fingerprint density at radius 2 is 1.94 bits per heavy atom. The third kappa shape index (κ3) is 3.51. The minimum Gasteiger partial charge on any atom is -0.473 e. The van der Waals surface area contributed by atoms with Crippen molar-refractivity contribution in [3.63, 3.8) is 0 Å². The van der Waals surface area contributed by atoms with Crippen LogP contribution in [0.4, 0.5) is 0 Å². The molecule has 3 rings (SSSR count). The Kier molecular flexibility index (Phi) is 6.99. The number of benzene rings is 1. The lowest BCUT2D eigenvalue weighted by Gasteiger charge is -2.34. The summed E-state index contributed by atoms with van der Waals surface area (Å²) < 4.78 is 16.7. The van der Waals surface area contributed by atoms with Crippen molar-refractivity contribution in [1.29, 1.82) is 0 Å². The van der Waals surface area contributed by atoms with Gasteiger partial charge in [-0.3, -0.25) is 14.9 Å². The third-order valence-electron chi connectivity index (χ3n) is 5.96. The highest BCUT2D eigenvalue weighted by molar-refractivity contribution is 6.09. The summed E-state index contributed by atoms with van der Waals surface area (Å²) in [5, 5.41) is 35.0. The number of rotatable bonds is 8. The van der Waals surface area contributed by atoms with Gasteiger partial charge in [-0.25, -0.2) is 0 Å². The lowest BCUT2D eigenvalue weighted by molar-refractivity contribution is -0.171. The Morgan fingerprint density at radius 3 is 2.50 bits per heavy atom. The Labute approximate surface area is 186 Å². The number of carbonyl (C=O) groups is 2. The minimum absolute atomic E-state index is 0.00316. The lowest BCUT2D eigenvalue weighted by atomic mass is 9.84. The van der Waals surface area contributed by atoms with Gasteiger partial charge in [-0.1, -0.05) is 49.4 Å². The first-order valence-corrected chi connectivity index (χ1v) is 10.3. The molecular formula is C23H29NO8. The molecule has 6 atom stereocenters. The maximum Gasteiger partial charge on any atom is 0.240 e. The smallest absolute Gasteiger partial charge is 0.240 e.